The molecule has 132 valence electrons. The first kappa shape index (κ1) is 17.1. The van der Waals surface area contributed by atoms with E-state index < -0.39 is 23.5 Å². The summed E-state index contributed by atoms with van der Waals surface area (Å²) in [7, 11) is 0. The van der Waals surface area contributed by atoms with Gasteiger partial charge in [0, 0.05) is 29.6 Å². The Morgan fingerprint density at radius 1 is 1.33 bits per heavy atom. The van der Waals surface area contributed by atoms with Crippen molar-refractivity contribution in [1.29, 1.82) is 0 Å². The number of hydrogen-bond acceptors (Lipinski definition) is 3. The van der Waals surface area contributed by atoms with Gasteiger partial charge < -0.3 is 4.74 Å². The number of ether oxygens (including phenoxy) is 1. The third-order valence-electron chi connectivity index (χ3n) is 4.50. The molecule has 1 aliphatic carbocycles. The molecule has 2 heterocycles. The molecule has 2 aliphatic rings. The molecule has 1 aromatic heterocycles. The summed E-state index contributed by atoms with van der Waals surface area (Å²) < 4.78 is 34.2. The quantitative estimate of drug-likeness (QED) is 0.790. The largest absolute Gasteiger partial charge is 0.443 e. The van der Waals surface area contributed by atoms with Crippen LogP contribution in [0.3, 0.4) is 0 Å². The lowest BCUT2D eigenvalue weighted by molar-refractivity contribution is -0.0328. The van der Waals surface area contributed by atoms with Gasteiger partial charge in [0.1, 0.15) is 11.3 Å². The lowest BCUT2D eigenvalue weighted by atomic mass is 9.88. The Morgan fingerprint density at radius 3 is 2.50 bits per heavy atom. The van der Waals surface area contributed by atoms with Crippen molar-refractivity contribution in [2.75, 3.05) is 11.4 Å². The molecule has 0 radical (unpaired) electrons. The van der Waals surface area contributed by atoms with Crippen molar-refractivity contribution in [3.8, 4) is 0 Å². The summed E-state index contributed by atoms with van der Waals surface area (Å²) >= 11 is 0. The summed E-state index contributed by atoms with van der Waals surface area (Å²) in [5, 5.41) is 0. The van der Waals surface area contributed by atoms with Crippen LogP contribution >= 0.6 is 0 Å². The normalized spacial score (nSPS) is 20.0. The van der Waals surface area contributed by atoms with Crippen LogP contribution in [0, 0.1) is 5.92 Å². The molecule has 0 N–H and O–H groups in total. The molecule has 1 fully saturated rings. The van der Waals surface area contributed by atoms with E-state index >= 15 is 0 Å². The van der Waals surface area contributed by atoms with E-state index in [2.05, 4.69) is 4.98 Å². The number of hydrogen-bond donors (Lipinski definition) is 0. The van der Waals surface area contributed by atoms with E-state index in [4.69, 9.17) is 4.74 Å². The minimum Gasteiger partial charge on any atom is -0.443 e. The van der Waals surface area contributed by atoms with Crippen LogP contribution in [0.1, 0.15) is 58.7 Å². The van der Waals surface area contributed by atoms with Crippen LogP contribution in [0.4, 0.5) is 19.3 Å². The van der Waals surface area contributed by atoms with Crippen LogP contribution in [0.5, 0.6) is 0 Å². The molecule has 0 aromatic carbocycles. The van der Waals surface area contributed by atoms with E-state index in [0.717, 1.165) is 5.56 Å². The lowest BCUT2D eigenvalue weighted by Gasteiger charge is -2.26. The van der Waals surface area contributed by atoms with E-state index in [1.807, 2.05) is 13.8 Å². The Hall–Kier alpha value is -1.72. The Morgan fingerprint density at radius 2 is 1.96 bits per heavy atom. The first-order chi connectivity index (χ1) is 10.9. The Labute approximate surface area is 141 Å². The van der Waals surface area contributed by atoms with Crippen molar-refractivity contribution in [2.24, 2.45) is 5.92 Å². The van der Waals surface area contributed by atoms with Gasteiger partial charge in [-0.05, 0) is 39.7 Å². The summed E-state index contributed by atoms with van der Waals surface area (Å²) in [4.78, 5) is 18.0. The topological polar surface area (TPSA) is 42.4 Å². The summed E-state index contributed by atoms with van der Waals surface area (Å²) in [6.07, 6.45) is 2.02. The van der Waals surface area contributed by atoms with Gasteiger partial charge >= 0.3 is 6.09 Å². The number of carbonyl (C=O) groups is 1. The average molecular weight is 338 g/mol. The molecule has 0 saturated heterocycles. The fourth-order valence-corrected chi connectivity index (χ4v) is 3.07. The molecule has 0 unspecified atom stereocenters. The maximum absolute atomic E-state index is 14.4. The first-order valence-electron chi connectivity index (χ1n) is 8.31. The number of alkyl halides is 2. The number of halogens is 2. The highest BCUT2D eigenvalue weighted by Gasteiger charge is 2.50. The molecule has 1 aromatic rings. The number of nitrogens with zero attached hydrogens (tertiary/aromatic N) is 2. The first-order valence-corrected chi connectivity index (χ1v) is 8.31. The Balaban J connectivity index is 1.98. The number of amides is 1. The monoisotopic (exact) mass is 338 g/mol. The van der Waals surface area contributed by atoms with Crippen molar-refractivity contribution >= 4 is 11.8 Å². The highest BCUT2D eigenvalue weighted by Crippen LogP contribution is 2.51. The molecule has 1 aliphatic heterocycles. The molecular weight excluding hydrogens is 314 g/mol. The van der Waals surface area contributed by atoms with Gasteiger partial charge in [0.2, 0.25) is 0 Å². The minimum atomic E-state index is -2.94. The number of rotatable bonds is 2. The standard InChI is InChI=1S/C18H24F2N2O2/c1-16(2,3)24-15(23)22-10-17(4,5)12-9-21-14(8-13(12)22)18(19,20)11-6-7-11/h8-9,11H,6-7,10H2,1-5H3. The highest BCUT2D eigenvalue weighted by atomic mass is 19.3. The molecule has 1 amide bonds. The van der Waals surface area contributed by atoms with Gasteiger partial charge in [-0.3, -0.25) is 9.88 Å². The summed E-state index contributed by atoms with van der Waals surface area (Å²) in [5.41, 5.74) is 0.0306. The number of anilines is 1. The zero-order chi connectivity index (χ0) is 17.9. The number of carbonyl (C=O) groups excluding carboxylic acids is 1. The predicted octanol–water partition coefficient (Wildman–Crippen LogP) is 4.62. The molecular formula is C18H24F2N2O2. The van der Waals surface area contributed by atoms with Gasteiger partial charge in [-0.2, -0.15) is 8.78 Å². The molecule has 3 rings (SSSR count). The highest BCUT2D eigenvalue weighted by molar-refractivity contribution is 5.91. The van der Waals surface area contributed by atoms with Crippen LogP contribution in [0.25, 0.3) is 0 Å². The number of aromatic nitrogens is 1. The van der Waals surface area contributed by atoms with E-state index in [0.29, 0.717) is 25.1 Å². The van der Waals surface area contributed by atoms with Crippen LogP contribution in [0.15, 0.2) is 12.3 Å². The molecule has 0 atom stereocenters. The van der Waals surface area contributed by atoms with Gasteiger partial charge in [-0.15, -0.1) is 0 Å². The van der Waals surface area contributed by atoms with Crippen molar-refractivity contribution in [3.63, 3.8) is 0 Å². The van der Waals surface area contributed by atoms with Crippen molar-refractivity contribution in [1.82, 2.24) is 4.98 Å². The molecule has 4 nitrogen and oxygen atoms in total. The average Bonchev–Trinajstić information content (AvgIpc) is 3.24. The van der Waals surface area contributed by atoms with Crippen LogP contribution in [0.2, 0.25) is 0 Å². The third kappa shape index (κ3) is 2.98. The maximum atomic E-state index is 14.4. The SMILES string of the molecule is CC(C)(C)OC(=O)N1CC(C)(C)c2cnc(C(F)(F)C3CC3)cc21. The Kier molecular flexibility index (Phi) is 3.66. The van der Waals surface area contributed by atoms with Gasteiger partial charge in [0.15, 0.2) is 0 Å². The minimum absolute atomic E-state index is 0.255. The maximum Gasteiger partial charge on any atom is 0.414 e. The molecule has 6 heteroatoms. The Bertz CT molecular complexity index is 676. The third-order valence-corrected chi connectivity index (χ3v) is 4.50. The molecule has 24 heavy (non-hydrogen) atoms. The van der Waals surface area contributed by atoms with Crippen molar-refractivity contribution in [3.05, 3.63) is 23.5 Å². The summed E-state index contributed by atoms with van der Waals surface area (Å²) in [5.74, 6) is -3.58. The molecule has 0 bridgehead atoms. The number of pyridine rings is 1. The fourth-order valence-electron chi connectivity index (χ4n) is 3.07. The zero-order valence-electron chi connectivity index (χ0n) is 14.8. The smallest absolute Gasteiger partial charge is 0.414 e. The summed E-state index contributed by atoms with van der Waals surface area (Å²) in [6.45, 7) is 9.68. The van der Waals surface area contributed by atoms with E-state index in [1.54, 1.807) is 20.8 Å². The molecule has 0 spiro atoms. The van der Waals surface area contributed by atoms with E-state index in [1.165, 1.54) is 17.2 Å². The van der Waals surface area contributed by atoms with Crippen LogP contribution in [-0.2, 0) is 16.1 Å². The second-order valence-corrected chi connectivity index (χ2v) is 8.43. The zero-order valence-corrected chi connectivity index (χ0v) is 14.8. The fraction of sp³-hybridized carbons (Fsp3) is 0.667. The predicted molar refractivity (Wildman–Crippen MR) is 87.5 cm³/mol. The summed E-state index contributed by atoms with van der Waals surface area (Å²) in [6, 6.07) is 1.37. The van der Waals surface area contributed by atoms with E-state index in [-0.39, 0.29) is 11.1 Å². The van der Waals surface area contributed by atoms with Gasteiger partial charge in [0.25, 0.3) is 5.92 Å². The van der Waals surface area contributed by atoms with Crippen LogP contribution < -0.4 is 4.90 Å². The van der Waals surface area contributed by atoms with Gasteiger partial charge in [0.05, 0.1) is 5.69 Å². The van der Waals surface area contributed by atoms with Crippen LogP contribution in [-0.4, -0.2) is 23.2 Å². The van der Waals surface area contributed by atoms with Gasteiger partial charge in [-0.25, -0.2) is 4.79 Å². The van der Waals surface area contributed by atoms with Crippen molar-refractivity contribution in [2.45, 2.75) is 64.4 Å². The second kappa shape index (κ2) is 5.14. The lowest BCUT2D eigenvalue weighted by Crippen LogP contribution is -2.38. The van der Waals surface area contributed by atoms with Gasteiger partial charge in [-0.1, -0.05) is 13.8 Å². The number of fused-ring (bicyclic) bond motifs is 1. The second-order valence-electron chi connectivity index (χ2n) is 8.43. The van der Waals surface area contributed by atoms with E-state index in [9.17, 15) is 13.6 Å². The van der Waals surface area contributed by atoms with Crippen molar-refractivity contribution < 1.29 is 18.3 Å². The molecule has 1 saturated carbocycles.